The minimum atomic E-state index is 0.576. The first kappa shape index (κ1) is 9.03. The number of nitrogens with one attached hydrogen (secondary N) is 1. The Labute approximate surface area is 83.8 Å². The molecule has 0 saturated heterocycles. The van der Waals surface area contributed by atoms with Gasteiger partial charge in [0, 0.05) is 24.5 Å². The van der Waals surface area contributed by atoms with Gasteiger partial charge in [-0.25, -0.2) is 0 Å². The molecule has 2 aromatic rings. The number of aryl methyl sites for hydroxylation is 1. The smallest absolute Gasteiger partial charge is 0.0199 e. The fourth-order valence-electron chi connectivity index (χ4n) is 1.57. The van der Waals surface area contributed by atoms with Crippen LogP contribution >= 0.6 is 0 Å². The van der Waals surface area contributed by atoms with Gasteiger partial charge in [-0.1, -0.05) is 29.8 Å². The molecule has 0 aliphatic heterocycles. The highest BCUT2D eigenvalue weighted by atomic mass is 14.7. The predicted octanol–water partition coefficient (Wildman–Crippen LogP) is 2.45. The summed E-state index contributed by atoms with van der Waals surface area (Å²) in [6, 6.07) is 8.47. The molecule has 2 nitrogen and oxygen atoms in total. The van der Waals surface area contributed by atoms with E-state index >= 15 is 0 Å². The molecule has 0 atom stereocenters. The van der Waals surface area contributed by atoms with Crippen LogP contribution in [0.2, 0.25) is 0 Å². The highest BCUT2D eigenvalue weighted by molar-refractivity contribution is 5.66. The molecular weight excluding hydrogens is 172 g/mol. The van der Waals surface area contributed by atoms with E-state index in [1.54, 1.807) is 0 Å². The van der Waals surface area contributed by atoms with Gasteiger partial charge < -0.3 is 10.7 Å². The van der Waals surface area contributed by atoms with Gasteiger partial charge in [0.1, 0.15) is 0 Å². The van der Waals surface area contributed by atoms with Crippen LogP contribution in [0.4, 0.5) is 0 Å². The van der Waals surface area contributed by atoms with Gasteiger partial charge in [0.05, 0.1) is 0 Å². The van der Waals surface area contributed by atoms with Gasteiger partial charge in [-0.3, -0.25) is 0 Å². The molecule has 0 aliphatic rings. The summed E-state index contributed by atoms with van der Waals surface area (Å²) in [4.78, 5) is 3.08. The Hall–Kier alpha value is -1.54. The third-order valence-corrected chi connectivity index (χ3v) is 2.41. The van der Waals surface area contributed by atoms with Crippen LogP contribution in [0, 0.1) is 6.92 Å². The molecule has 0 amide bonds. The highest BCUT2D eigenvalue weighted by Gasteiger charge is 2.03. The van der Waals surface area contributed by atoms with Crippen molar-refractivity contribution in [3.63, 3.8) is 0 Å². The third-order valence-electron chi connectivity index (χ3n) is 2.41. The van der Waals surface area contributed by atoms with E-state index in [0.717, 1.165) is 5.56 Å². The third kappa shape index (κ3) is 1.56. The Kier molecular flexibility index (Phi) is 2.37. The van der Waals surface area contributed by atoms with Crippen molar-refractivity contribution < 1.29 is 0 Å². The van der Waals surface area contributed by atoms with E-state index in [1.807, 2.05) is 12.4 Å². The molecule has 0 aliphatic carbocycles. The van der Waals surface area contributed by atoms with Crippen LogP contribution in [0.25, 0.3) is 11.1 Å². The maximum Gasteiger partial charge on any atom is 0.0199 e. The predicted molar refractivity (Wildman–Crippen MR) is 58.9 cm³/mol. The van der Waals surface area contributed by atoms with E-state index in [-0.39, 0.29) is 0 Å². The lowest BCUT2D eigenvalue weighted by Gasteiger charge is -2.01. The lowest BCUT2D eigenvalue weighted by atomic mass is 10.0. The van der Waals surface area contributed by atoms with Crippen LogP contribution in [-0.2, 0) is 6.54 Å². The molecule has 14 heavy (non-hydrogen) atoms. The molecule has 0 unspecified atom stereocenters. The van der Waals surface area contributed by atoms with E-state index in [9.17, 15) is 0 Å². The van der Waals surface area contributed by atoms with Crippen molar-refractivity contribution in [3.8, 4) is 11.1 Å². The van der Waals surface area contributed by atoms with Crippen molar-refractivity contribution >= 4 is 0 Å². The Morgan fingerprint density at radius 2 is 1.86 bits per heavy atom. The zero-order valence-electron chi connectivity index (χ0n) is 8.25. The number of hydrogen-bond acceptors (Lipinski definition) is 1. The van der Waals surface area contributed by atoms with Gasteiger partial charge in [0.25, 0.3) is 0 Å². The van der Waals surface area contributed by atoms with Crippen molar-refractivity contribution in [2.45, 2.75) is 13.5 Å². The van der Waals surface area contributed by atoms with E-state index in [1.165, 1.54) is 16.7 Å². The molecule has 2 rings (SSSR count). The molecule has 0 bridgehead atoms. The number of benzene rings is 1. The second kappa shape index (κ2) is 3.68. The van der Waals surface area contributed by atoms with Gasteiger partial charge in [-0.05, 0) is 18.1 Å². The fourth-order valence-corrected chi connectivity index (χ4v) is 1.57. The van der Waals surface area contributed by atoms with Crippen molar-refractivity contribution in [1.82, 2.24) is 4.98 Å². The van der Waals surface area contributed by atoms with Crippen LogP contribution < -0.4 is 5.73 Å². The summed E-state index contributed by atoms with van der Waals surface area (Å²) in [5.41, 5.74) is 10.5. The Bertz CT molecular complexity index is 412. The summed E-state index contributed by atoms with van der Waals surface area (Å²) in [6.45, 7) is 2.66. The molecule has 1 aromatic carbocycles. The Morgan fingerprint density at radius 3 is 2.50 bits per heavy atom. The molecule has 0 fully saturated rings. The second-order valence-corrected chi connectivity index (χ2v) is 3.46. The van der Waals surface area contributed by atoms with Crippen LogP contribution in [0.1, 0.15) is 11.1 Å². The summed E-state index contributed by atoms with van der Waals surface area (Å²) in [7, 11) is 0. The summed E-state index contributed by atoms with van der Waals surface area (Å²) in [6.07, 6.45) is 3.95. The first-order valence-electron chi connectivity index (χ1n) is 4.74. The lowest BCUT2D eigenvalue weighted by Crippen LogP contribution is -1.95. The molecule has 2 heteroatoms. The lowest BCUT2D eigenvalue weighted by molar-refractivity contribution is 1.08. The number of hydrogen-bond donors (Lipinski definition) is 2. The van der Waals surface area contributed by atoms with Crippen LogP contribution in [0.5, 0.6) is 0 Å². The van der Waals surface area contributed by atoms with Gasteiger partial charge in [0.2, 0.25) is 0 Å². The zero-order valence-corrected chi connectivity index (χ0v) is 8.25. The standard InChI is InChI=1S/C12H14N2/c1-9-2-4-10(5-3-9)12-8-14-7-11(12)6-13/h2-5,7-8,14H,6,13H2,1H3. The van der Waals surface area contributed by atoms with Crippen molar-refractivity contribution in [2.75, 3.05) is 0 Å². The van der Waals surface area contributed by atoms with E-state index in [4.69, 9.17) is 5.73 Å². The zero-order chi connectivity index (χ0) is 9.97. The van der Waals surface area contributed by atoms with E-state index < -0.39 is 0 Å². The van der Waals surface area contributed by atoms with Gasteiger partial charge in [0.15, 0.2) is 0 Å². The molecule has 3 N–H and O–H groups in total. The SMILES string of the molecule is Cc1ccc(-c2c[nH]cc2CN)cc1. The van der Waals surface area contributed by atoms with Crippen molar-refractivity contribution in [2.24, 2.45) is 5.73 Å². The molecule has 72 valence electrons. The van der Waals surface area contributed by atoms with Crippen LogP contribution in [0.15, 0.2) is 36.7 Å². The fraction of sp³-hybridized carbons (Fsp3) is 0.167. The van der Waals surface area contributed by atoms with Gasteiger partial charge in [-0.2, -0.15) is 0 Å². The van der Waals surface area contributed by atoms with Gasteiger partial charge >= 0.3 is 0 Å². The van der Waals surface area contributed by atoms with Crippen LogP contribution in [-0.4, -0.2) is 4.98 Å². The van der Waals surface area contributed by atoms with Crippen molar-refractivity contribution in [3.05, 3.63) is 47.8 Å². The quantitative estimate of drug-likeness (QED) is 0.743. The molecule has 0 saturated carbocycles. The summed E-state index contributed by atoms with van der Waals surface area (Å²) >= 11 is 0. The van der Waals surface area contributed by atoms with Gasteiger partial charge in [-0.15, -0.1) is 0 Å². The number of aromatic amines is 1. The second-order valence-electron chi connectivity index (χ2n) is 3.46. The number of aromatic nitrogens is 1. The molecule has 0 radical (unpaired) electrons. The molecular formula is C12H14N2. The Morgan fingerprint density at radius 1 is 1.14 bits per heavy atom. The summed E-state index contributed by atoms with van der Waals surface area (Å²) in [5, 5.41) is 0. The average Bonchev–Trinajstić information content (AvgIpc) is 2.67. The first-order valence-corrected chi connectivity index (χ1v) is 4.74. The maximum atomic E-state index is 5.64. The maximum absolute atomic E-state index is 5.64. The topological polar surface area (TPSA) is 41.8 Å². The monoisotopic (exact) mass is 186 g/mol. The summed E-state index contributed by atoms with van der Waals surface area (Å²) < 4.78 is 0. The van der Waals surface area contributed by atoms with E-state index in [0.29, 0.717) is 6.54 Å². The van der Waals surface area contributed by atoms with Crippen LogP contribution in [0.3, 0.4) is 0 Å². The highest BCUT2D eigenvalue weighted by Crippen LogP contribution is 2.23. The largest absolute Gasteiger partial charge is 0.367 e. The number of rotatable bonds is 2. The minimum absolute atomic E-state index is 0.576. The number of nitrogens with two attached hydrogens (primary N) is 1. The molecule has 0 spiro atoms. The van der Waals surface area contributed by atoms with Crippen molar-refractivity contribution in [1.29, 1.82) is 0 Å². The van der Waals surface area contributed by atoms with E-state index in [2.05, 4.69) is 36.2 Å². The summed E-state index contributed by atoms with van der Waals surface area (Å²) in [5.74, 6) is 0. The minimum Gasteiger partial charge on any atom is -0.367 e. The normalized spacial score (nSPS) is 10.4. The first-order chi connectivity index (χ1) is 6.81. The Balaban J connectivity index is 2.44. The molecule has 1 heterocycles. The average molecular weight is 186 g/mol. The number of H-pyrrole nitrogens is 1. The molecule has 1 aromatic heterocycles.